The second-order valence-electron chi connectivity index (χ2n) is 3.18. The normalized spacial score (nSPS) is 21.1. The van der Waals surface area contributed by atoms with Crippen LogP contribution in [0.1, 0.15) is 18.4 Å². The van der Waals surface area contributed by atoms with Gasteiger partial charge in [0.1, 0.15) is 0 Å². The van der Waals surface area contributed by atoms with Crippen LogP contribution in [0, 0.1) is 0 Å². The molecule has 0 aromatic carbocycles. The Morgan fingerprint density at radius 3 is 2.50 bits per heavy atom. The third-order valence-electron chi connectivity index (χ3n) is 2.10. The van der Waals surface area contributed by atoms with Crippen molar-refractivity contribution in [1.29, 1.82) is 0 Å². The molecule has 5 nitrogen and oxygen atoms in total. The van der Waals surface area contributed by atoms with Gasteiger partial charge >= 0.3 is 15.3 Å². The monoisotopic (exact) mass is 259 g/mol. The van der Waals surface area contributed by atoms with Crippen molar-refractivity contribution in [3.8, 4) is 0 Å². The van der Waals surface area contributed by atoms with Crippen molar-refractivity contribution in [2.75, 3.05) is 0 Å². The molecule has 10 heteroatoms. The molecule has 1 aliphatic rings. The van der Waals surface area contributed by atoms with Gasteiger partial charge in [-0.25, -0.2) is 17.5 Å². The summed E-state index contributed by atoms with van der Waals surface area (Å²) < 4.78 is 71.9. The van der Waals surface area contributed by atoms with Gasteiger partial charge in [0.15, 0.2) is 12.0 Å². The number of hydrogen-bond acceptors (Lipinski definition) is 4. The molecule has 16 heavy (non-hydrogen) atoms. The molecule has 0 unspecified atom stereocenters. The van der Waals surface area contributed by atoms with Crippen LogP contribution in [0.3, 0.4) is 0 Å². The highest BCUT2D eigenvalue weighted by atomic mass is 32.2. The molecule has 0 radical (unpaired) electrons. The molecular formula is C6H5F4N3O2S. The van der Waals surface area contributed by atoms with Crippen LogP contribution in [0.2, 0.25) is 0 Å². The maximum atomic E-state index is 13.0. The Balaban J connectivity index is 2.49. The summed E-state index contributed by atoms with van der Waals surface area (Å²) in [5, 5.41) is 1.75. The van der Waals surface area contributed by atoms with E-state index in [1.165, 1.54) is 0 Å². The van der Waals surface area contributed by atoms with Crippen LogP contribution < -0.4 is 0 Å². The van der Waals surface area contributed by atoms with Gasteiger partial charge in [0.05, 0.1) is 0 Å². The van der Waals surface area contributed by atoms with Gasteiger partial charge in [0, 0.05) is 13.0 Å². The molecule has 1 aromatic heterocycles. The van der Waals surface area contributed by atoms with Crippen molar-refractivity contribution >= 4 is 9.84 Å². The zero-order chi connectivity index (χ0) is 12.1. The molecular weight excluding hydrogens is 254 g/mol. The molecule has 0 N–H and O–H groups in total. The molecule has 0 aliphatic carbocycles. The molecule has 1 aliphatic heterocycles. The van der Waals surface area contributed by atoms with Crippen LogP contribution >= 0.6 is 0 Å². The molecule has 0 bridgehead atoms. The van der Waals surface area contributed by atoms with E-state index in [2.05, 4.69) is 10.1 Å². The lowest BCUT2D eigenvalue weighted by Gasteiger charge is -2.03. The van der Waals surface area contributed by atoms with Gasteiger partial charge in [-0.3, -0.25) is 0 Å². The van der Waals surface area contributed by atoms with Crippen molar-refractivity contribution in [2.24, 2.45) is 0 Å². The average molecular weight is 259 g/mol. The van der Waals surface area contributed by atoms with Gasteiger partial charge in [-0.05, 0) is 0 Å². The molecule has 1 atom stereocenters. The number of hydrogen-bond donors (Lipinski definition) is 0. The van der Waals surface area contributed by atoms with E-state index < -0.39 is 26.7 Å². The highest BCUT2D eigenvalue weighted by molar-refractivity contribution is 7.92. The summed E-state index contributed by atoms with van der Waals surface area (Å²) in [4.78, 5) is 3.08. The van der Waals surface area contributed by atoms with E-state index in [0.29, 0.717) is 0 Å². The fourth-order valence-corrected chi connectivity index (χ4v) is 1.94. The van der Waals surface area contributed by atoms with Crippen LogP contribution in [-0.4, -0.2) is 28.7 Å². The highest BCUT2D eigenvalue weighted by Gasteiger charge is 2.50. The van der Waals surface area contributed by atoms with Gasteiger partial charge in [-0.1, -0.05) is 0 Å². The minimum absolute atomic E-state index is 0.0247. The molecule has 0 fully saturated rings. The van der Waals surface area contributed by atoms with E-state index in [1.807, 2.05) is 0 Å². The van der Waals surface area contributed by atoms with Crippen LogP contribution in [0.25, 0.3) is 0 Å². The van der Waals surface area contributed by atoms with Crippen molar-refractivity contribution < 1.29 is 26.0 Å². The van der Waals surface area contributed by atoms with Crippen LogP contribution in [0.15, 0.2) is 5.16 Å². The minimum atomic E-state index is -5.59. The number of sulfone groups is 1. The predicted molar refractivity (Wildman–Crippen MR) is 41.7 cm³/mol. The standard InChI is InChI=1S/C6H5F4N3O2S/c7-3-1-2-13-4(3)11-5(12-13)16(14,15)6(8,9)10/h3H,1-2H2/t3-/m1/s1. The average Bonchev–Trinajstić information content (AvgIpc) is 2.67. The van der Waals surface area contributed by atoms with Crippen molar-refractivity contribution in [3.63, 3.8) is 0 Å². The maximum absolute atomic E-state index is 13.0. The lowest BCUT2D eigenvalue weighted by molar-refractivity contribution is -0.0440. The van der Waals surface area contributed by atoms with Crippen LogP contribution in [0.4, 0.5) is 17.6 Å². The first-order valence-corrected chi connectivity index (χ1v) is 5.62. The summed E-state index contributed by atoms with van der Waals surface area (Å²) >= 11 is 0. The summed E-state index contributed by atoms with van der Waals surface area (Å²) in [6.07, 6.45) is -1.52. The molecule has 1 aromatic rings. The van der Waals surface area contributed by atoms with E-state index in [4.69, 9.17) is 0 Å². The fraction of sp³-hybridized carbons (Fsp3) is 0.667. The smallest absolute Gasteiger partial charge is 0.246 e. The quantitative estimate of drug-likeness (QED) is 0.705. The van der Waals surface area contributed by atoms with E-state index in [-0.39, 0.29) is 18.8 Å². The first kappa shape index (κ1) is 11.3. The van der Waals surface area contributed by atoms with Gasteiger partial charge in [-0.15, -0.1) is 5.10 Å². The topological polar surface area (TPSA) is 64.8 Å². The van der Waals surface area contributed by atoms with Crippen LogP contribution in [0.5, 0.6) is 0 Å². The molecule has 0 spiro atoms. The van der Waals surface area contributed by atoms with E-state index in [0.717, 1.165) is 4.68 Å². The Kier molecular flexibility index (Phi) is 2.23. The Labute approximate surface area is 87.0 Å². The largest absolute Gasteiger partial charge is 0.505 e. The van der Waals surface area contributed by atoms with Crippen molar-refractivity contribution in [3.05, 3.63) is 5.82 Å². The summed E-state index contributed by atoms with van der Waals surface area (Å²) in [6, 6.07) is 0. The Morgan fingerprint density at radius 1 is 1.38 bits per heavy atom. The number of aromatic nitrogens is 3. The van der Waals surface area contributed by atoms with Crippen molar-refractivity contribution in [1.82, 2.24) is 14.8 Å². The van der Waals surface area contributed by atoms with E-state index >= 15 is 0 Å². The molecule has 0 saturated carbocycles. The Bertz CT molecular complexity index is 520. The third kappa shape index (κ3) is 1.47. The number of nitrogens with zero attached hydrogens (tertiary/aromatic N) is 3. The maximum Gasteiger partial charge on any atom is 0.505 e. The predicted octanol–water partition coefficient (Wildman–Crippen LogP) is 0.986. The zero-order valence-electron chi connectivity index (χ0n) is 7.57. The first-order chi connectivity index (χ1) is 7.23. The lowest BCUT2D eigenvalue weighted by Crippen LogP contribution is -2.24. The summed E-state index contributed by atoms with van der Waals surface area (Å²) in [5.41, 5.74) is -5.47. The second-order valence-corrected chi connectivity index (χ2v) is 5.02. The summed E-state index contributed by atoms with van der Waals surface area (Å²) in [7, 11) is -5.59. The number of rotatable bonds is 1. The number of halogens is 4. The molecule has 90 valence electrons. The first-order valence-electron chi connectivity index (χ1n) is 4.13. The lowest BCUT2D eigenvalue weighted by atomic mass is 10.3. The summed E-state index contributed by atoms with van der Waals surface area (Å²) in [5.74, 6) is -0.372. The number of aryl methyl sites for hydroxylation is 1. The van der Waals surface area contributed by atoms with E-state index in [1.54, 1.807) is 0 Å². The molecule has 0 saturated heterocycles. The number of fused-ring (bicyclic) bond motifs is 1. The van der Waals surface area contributed by atoms with Crippen molar-refractivity contribution in [2.45, 2.75) is 29.8 Å². The fourth-order valence-electron chi connectivity index (χ4n) is 1.31. The zero-order valence-corrected chi connectivity index (χ0v) is 8.39. The minimum Gasteiger partial charge on any atom is -0.246 e. The third-order valence-corrected chi connectivity index (χ3v) is 3.36. The SMILES string of the molecule is O=S(=O)(c1nc2n(n1)CC[C@H]2F)C(F)(F)F. The second kappa shape index (κ2) is 3.15. The van der Waals surface area contributed by atoms with E-state index in [9.17, 15) is 26.0 Å². The molecule has 0 amide bonds. The van der Waals surface area contributed by atoms with Gasteiger partial charge in [0.25, 0.3) is 5.16 Å². The number of alkyl halides is 4. The highest BCUT2D eigenvalue weighted by Crippen LogP contribution is 2.32. The Morgan fingerprint density at radius 2 is 2.00 bits per heavy atom. The van der Waals surface area contributed by atoms with Gasteiger partial charge in [-0.2, -0.15) is 18.2 Å². The summed E-state index contributed by atoms with van der Waals surface area (Å²) in [6.45, 7) is 0.0247. The molecule has 2 heterocycles. The Hall–Kier alpha value is -1.19. The van der Waals surface area contributed by atoms with Gasteiger partial charge < -0.3 is 0 Å². The van der Waals surface area contributed by atoms with Crippen LogP contribution in [-0.2, 0) is 16.4 Å². The van der Waals surface area contributed by atoms with Gasteiger partial charge in [0.2, 0.25) is 0 Å². The molecule has 2 rings (SSSR count).